The molecule has 3 rings (SSSR count). The predicted octanol–water partition coefficient (Wildman–Crippen LogP) is 5.43. The monoisotopic (exact) mass is 302 g/mol. The van der Waals surface area contributed by atoms with Gasteiger partial charge in [-0.1, -0.05) is 12.1 Å². The molecule has 3 aromatic heterocycles. The average molecular weight is 302 g/mol. The zero-order valence-electron chi connectivity index (χ0n) is 9.91. The Hall–Kier alpha value is -1.49. The van der Waals surface area contributed by atoms with Gasteiger partial charge in [0.25, 0.3) is 0 Å². The molecule has 0 atom stereocenters. The molecule has 0 N–H and O–H groups in total. The molecule has 1 nitrogen and oxygen atoms in total. The van der Waals surface area contributed by atoms with E-state index < -0.39 is 0 Å². The van der Waals surface area contributed by atoms with Crippen molar-refractivity contribution in [3.05, 3.63) is 63.0 Å². The van der Waals surface area contributed by atoms with Gasteiger partial charge in [0.1, 0.15) is 0 Å². The van der Waals surface area contributed by atoms with Gasteiger partial charge in [0.15, 0.2) is 5.78 Å². The minimum absolute atomic E-state index is 0.0704. The molecule has 0 aromatic carbocycles. The van der Waals surface area contributed by atoms with E-state index in [2.05, 4.69) is 29.6 Å². The van der Waals surface area contributed by atoms with Crippen LogP contribution in [0.25, 0.3) is 15.8 Å². The highest BCUT2D eigenvalue weighted by Crippen LogP contribution is 2.32. The van der Waals surface area contributed by atoms with Gasteiger partial charge in [0.05, 0.1) is 4.88 Å². The number of allylic oxidation sites excluding steroid dienone is 1. The van der Waals surface area contributed by atoms with Crippen molar-refractivity contribution in [3.8, 4) is 9.75 Å². The molecule has 94 valence electrons. The highest BCUT2D eigenvalue weighted by atomic mass is 32.1. The lowest BCUT2D eigenvalue weighted by molar-refractivity contribution is 0.105. The fraction of sp³-hybridized carbons (Fsp3) is 0. The molecule has 3 heterocycles. The molecule has 0 saturated heterocycles. The first-order valence-corrected chi connectivity index (χ1v) is 8.30. The molecule has 0 unspecified atom stereocenters. The van der Waals surface area contributed by atoms with Crippen LogP contribution in [0.4, 0.5) is 0 Å². The van der Waals surface area contributed by atoms with Gasteiger partial charge in [-0.3, -0.25) is 4.79 Å². The van der Waals surface area contributed by atoms with E-state index in [1.54, 1.807) is 28.7 Å². The third kappa shape index (κ3) is 2.92. The van der Waals surface area contributed by atoms with E-state index in [1.807, 2.05) is 23.6 Å². The molecule has 0 aliphatic carbocycles. The quantitative estimate of drug-likeness (QED) is 0.463. The molecule has 3 aromatic rings. The van der Waals surface area contributed by atoms with Crippen molar-refractivity contribution in [1.29, 1.82) is 0 Å². The summed E-state index contributed by atoms with van der Waals surface area (Å²) in [6.07, 6.45) is 3.54. The van der Waals surface area contributed by atoms with Crippen LogP contribution in [-0.2, 0) is 0 Å². The highest BCUT2D eigenvalue weighted by molar-refractivity contribution is 7.21. The first kappa shape index (κ1) is 12.5. The summed E-state index contributed by atoms with van der Waals surface area (Å²) < 4.78 is 0. The second-order valence-corrected chi connectivity index (χ2v) is 6.86. The smallest absolute Gasteiger partial charge is 0.195 e. The number of carbonyl (C=O) groups excluding carboxylic acids is 1. The molecule has 0 fully saturated rings. The van der Waals surface area contributed by atoms with Gasteiger partial charge in [0.2, 0.25) is 0 Å². The van der Waals surface area contributed by atoms with Crippen LogP contribution in [0.1, 0.15) is 14.5 Å². The second-order valence-electron chi connectivity index (χ2n) is 3.85. The van der Waals surface area contributed by atoms with Gasteiger partial charge in [0, 0.05) is 14.6 Å². The maximum absolute atomic E-state index is 11.8. The molecular formula is C15H10OS3. The molecule has 4 heteroatoms. The molecule has 0 aliphatic heterocycles. The minimum Gasteiger partial charge on any atom is -0.288 e. The lowest BCUT2D eigenvalue weighted by Crippen LogP contribution is -1.87. The van der Waals surface area contributed by atoms with Crippen molar-refractivity contribution in [3.63, 3.8) is 0 Å². The Morgan fingerprint density at radius 3 is 2.53 bits per heavy atom. The Kier molecular flexibility index (Phi) is 3.73. The van der Waals surface area contributed by atoms with E-state index in [1.165, 1.54) is 21.1 Å². The Labute approximate surface area is 123 Å². The van der Waals surface area contributed by atoms with Crippen LogP contribution in [0.15, 0.2) is 53.2 Å². The molecule has 19 heavy (non-hydrogen) atoms. The van der Waals surface area contributed by atoms with E-state index in [9.17, 15) is 4.79 Å². The van der Waals surface area contributed by atoms with E-state index in [0.717, 1.165) is 9.75 Å². The first-order chi connectivity index (χ1) is 9.33. The standard InChI is InChI=1S/C15H10OS3/c16-12(13-3-1-9-17-13)7-5-11-6-8-15(19-11)14-4-2-10-18-14/h1-10H. The number of thiophene rings is 3. The number of ketones is 1. The summed E-state index contributed by atoms with van der Waals surface area (Å²) in [6, 6.07) is 12.1. The third-order valence-electron chi connectivity index (χ3n) is 2.55. The average Bonchev–Trinajstić information content (AvgIpc) is 3.14. The first-order valence-electron chi connectivity index (χ1n) is 5.72. The van der Waals surface area contributed by atoms with Gasteiger partial charge >= 0.3 is 0 Å². The molecule has 0 aliphatic rings. The minimum atomic E-state index is 0.0704. The maximum Gasteiger partial charge on any atom is 0.195 e. The van der Waals surface area contributed by atoms with Crippen molar-refractivity contribution in [1.82, 2.24) is 0 Å². The molecule has 0 saturated carbocycles. The number of hydrogen-bond acceptors (Lipinski definition) is 4. The Morgan fingerprint density at radius 1 is 0.947 bits per heavy atom. The predicted molar refractivity (Wildman–Crippen MR) is 85.3 cm³/mol. The summed E-state index contributed by atoms with van der Waals surface area (Å²) in [5.74, 6) is 0.0704. The normalized spacial score (nSPS) is 11.2. The van der Waals surface area contributed by atoms with E-state index in [0.29, 0.717) is 0 Å². The van der Waals surface area contributed by atoms with Crippen molar-refractivity contribution in [2.45, 2.75) is 0 Å². The van der Waals surface area contributed by atoms with Crippen LogP contribution in [-0.4, -0.2) is 5.78 Å². The largest absolute Gasteiger partial charge is 0.288 e. The fourth-order valence-electron chi connectivity index (χ4n) is 1.65. The lowest BCUT2D eigenvalue weighted by atomic mass is 10.3. The Bertz CT molecular complexity index is 688. The van der Waals surface area contributed by atoms with Gasteiger partial charge in [-0.15, -0.1) is 34.0 Å². The number of rotatable bonds is 4. The van der Waals surface area contributed by atoms with Crippen LogP contribution in [0.5, 0.6) is 0 Å². The molecule has 0 bridgehead atoms. The van der Waals surface area contributed by atoms with Gasteiger partial charge in [-0.25, -0.2) is 0 Å². The van der Waals surface area contributed by atoms with Crippen molar-refractivity contribution in [2.75, 3.05) is 0 Å². The highest BCUT2D eigenvalue weighted by Gasteiger charge is 2.04. The van der Waals surface area contributed by atoms with Crippen molar-refractivity contribution < 1.29 is 4.79 Å². The van der Waals surface area contributed by atoms with Crippen molar-refractivity contribution >= 4 is 45.9 Å². The summed E-state index contributed by atoms with van der Waals surface area (Å²) in [6.45, 7) is 0. The maximum atomic E-state index is 11.8. The summed E-state index contributed by atoms with van der Waals surface area (Å²) in [4.78, 5) is 16.3. The van der Waals surface area contributed by atoms with E-state index >= 15 is 0 Å². The summed E-state index contributed by atoms with van der Waals surface area (Å²) in [5, 5.41) is 3.99. The number of carbonyl (C=O) groups is 1. The van der Waals surface area contributed by atoms with Gasteiger partial charge < -0.3 is 0 Å². The topological polar surface area (TPSA) is 17.1 Å². The Balaban J connectivity index is 1.76. The second kappa shape index (κ2) is 5.65. The van der Waals surface area contributed by atoms with Gasteiger partial charge in [-0.2, -0.15) is 0 Å². The summed E-state index contributed by atoms with van der Waals surface area (Å²) in [5.41, 5.74) is 0. The summed E-state index contributed by atoms with van der Waals surface area (Å²) in [7, 11) is 0. The van der Waals surface area contributed by atoms with E-state index in [4.69, 9.17) is 0 Å². The fourth-order valence-corrected chi connectivity index (χ4v) is 4.04. The SMILES string of the molecule is O=C(C=Cc1ccc(-c2cccs2)s1)c1cccs1. The zero-order valence-corrected chi connectivity index (χ0v) is 12.4. The van der Waals surface area contributed by atoms with Crippen LogP contribution < -0.4 is 0 Å². The van der Waals surface area contributed by atoms with Crippen LogP contribution in [0.3, 0.4) is 0 Å². The number of hydrogen-bond donors (Lipinski definition) is 0. The molecule has 0 radical (unpaired) electrons. The third-order valence-corrected chi connectivity index (χ3v) is 5.55. The zero-order chi connectivity index (χ0) is 13.1. The molecule has 0 amide bonds. The molecule has 0 spiro atoms. The Morgan fingerprint density at radius 2 is 1.79 bits per heavy atom. The lowest BCUT2D eigenvalue weighted by Gasteiger charge is -1.88. The summed E-state index contributed by atoms with van der Waals surface area (Å²) >= 11 is 4.91. The van der Waals surface area contributed by atoms with Crippen LogP contribution in [0.2, 0.25) is 0 Å². The van der Waals surface area contributed by atoms with Crippen LogP contribution in [0, 0.1) is 0 Å². The molecular weight excluding hydrogens is 292 g/mol. The van der Waals surface area contributed by atoms with Crippen LogP contribution >= 0.6 is 34.0 Å². The van der Waals surface area contributed by atoms with Gasteiger partial charge in [-0.05, 0) is 47.2 Å². The van der Waals surface area contributed by atoms with Crippen molar-refractivity contribution in [2.24, 2.45) is 0 Å². The van der Waals surface area contributed by atoms with E-state index in [-0.39, 0.29) is 5.78 Å².